The maximum absolute atomic E-state index is 12.7. The summed E-state index contributed by atoms with van der Waals surface area (Å²) in [6.45, 7) is 7.99. The average Bonchev–Trinajstić information content (AvgIpc) is 2.61. The maximum atomic E-state index is 12.7. The van der Waals surface area contributed by atoms with E-state index in [1.54, 1.807) is 30.6 Å². The van der Waals surface area contributed by atoms with Gasteiger partial charge in [-0.1, -0.05) is 13.8 Å². The normalized spacial score (nSPS) is 15.4. The number of aromatic nitrogens is 1. The smallest absolute Gasteiger partial charge is 0.338 e. The second-order valence-electron chi connectivity index (χ2n) is 7.35. The summed E-state index contributed by atoms with van der Waals surface area (Å²) in [7, 11) is 0. The molecule has 0 saturated carbocycles. The molecule has 27 heavy (non-hydrogen) atoms. The summed E-state index contributed by atoms with van der Waals surface area (Å²) in [5, 5.41) is 0. The summed E-state index contributed by atoms with van der Waals surface area (Å²) in [6.07, 6.45) is 5.32. The van der Waals surface area contributed by atoms with Gasteiger partial charge in [-0.25, -0.2) is 4.79 Å². The van der Waals surface area contributed by atoms with Crippen molar-refractivity contribution in [3.05, 3.63) is 48.3 Å². The van der Waals surface area contributed by atoms with Gasteiger partial charge in [0.2, 0.25) is 0 Å². The van der Waals surface area contributed by atoms with Gasteiger partial charge in [0.1, 0.15) is 17.0 Å². The standard InChI is InChI=1S/C21H29N3O3/c1-5-20(3,26-18-7-9-24-10-8-18)14-21(4,6-2)27-19(25)15-11-16(22)13-17(23)12-15/h7-13H,5-6,14,22-23H2,1-4H3. The van der Waals surface area contributed by atoms with Crippen molar-refractivity contribution in [2.24, 2.45) is 0 Å². The molecule has 1 aromatic heterocycles. The number of carbonyl (C=O) groups excluding carboxylic acids is 1. The van der Waals surface area contributed by atoms with Gasteiger partial charge in [-0.15, -0.1) is 0 Å². The summed E-state index contributed by atoms with van der Waals surface area (Å²) in [5.74, 6) is 0.295. The average molecular weight is 371 g/mol. The molecule has 6 nitrogen and oxygen atoms in total. The van der Waals surface area contributed by atoms with Crippen molar-refractivity contribution in [1.29, 1.82) is 0 Å². The monoisotopic (exact) mass is 371 g/mol. The molecule has 0 radical (unpaired) electrons. The highest BCUT2D eigenvalue weighted by molar-refractivity contribution is 5.92. The van der Waals surface area contributed by atoms with E-state index in [0.717, 1.165) is 12.2 Å². The number of pyridine rings is 1. The number of anilines is 2. The van der Waals surface area contributed by atoms with Crippen molar-refractivity contribution in [1.82, 2.24) is 4.98 Å². The number of esters is 1. The molecule has 0 fully saturated rings. The Hall–Kier alpha value is -2.76. The molecule has 0 aliphatic carbocycles. The van der Waals surface area contributed by atoms with Crippen LogP contribution >= 0.6 is 0 Å². The highest BCUT2D eigenvalue weighted by Crippen LogP contribution is 2.34. The van der Waals surface area contributed by atoms with Gasteiger partial charge in [0, 0.05) is 30.2 Å². The van der Waals surface area contributed by atoms with Gasteiger partial charge in [0.25, 0.3) is 0 Å². The molecular formula is C21H29N3O3. The van der Waals surface area contributed by atoms with Crippen LogP contribution in [0.3, 0.4) is 0 Å². The molecule has 0 aliphatic rings. The van der Waals surface area contributed by atoms with Crippen molar-refractivity contribution in [2.45, 2.75) is 58.2 Å². The Kier molecular flexibility index (Phi) is 6.31. The number of hydrogen-bond acceptors (Lipinski definition) is 6. The van der Waals surface area contributed by atoms with Crippen LogP contribution in [0.15, 0.2) is 42.7 Å². The van der Waals surface area contributed by atoms with Crippen LogP contribution in [0, 0.1) is 0 Å². The lowest BCUT2D eigenvalue weighted by Crippen LogP contribution is -2.43. The van der Waals surface area contributed by atoms with E-state index in [1.807, 2.05) is 32.9 Å². The lowest BCUT2D eigenvalue weighted by atomic mass is 9.85. The first-order valence-corrected chi connectivity index (χ1v) is 9.17. The SMILES string of the molecule is CCC(C)(CC(C)(CC)Oc1ccncc1)OC(=O)c1cc(N)cc(N)c1. The highest BCUT2D eigenvalue weighted by Gasteiger charge is 2.38. The summed E-state index contributed by atoms with van der Waals surface area (Å²) in [5.41, 5.74) is 11.6. The zero-order chi connectivity index (χ0) is 20.1. The summed E-state index contributed by atoms with van der Waals surface area (Å²) in [4.78, 5) is 16.7. The third-order valence-electron chi connectivity index (χ3n) is 4.81. The van der Waals surface area contributed by atoms with E-state index in [0.29, 0.717) is 29.8 Å². The molecule has 6 heteroatoms. The van der Waals surface area contributed by atoms with E-state index >= 15 is 0 Å². The second-order valence-corrected chi connectivity index (χ2v) is 7.35. The van der Waals surface area contributed by atoms with Gasteiger partial charge in [-0.3, -0.25) is 4.98 Å². The Labute approximate surface area is 160 Å². The van der Waals surface area contributed by atoms with Crippen LogP contribution in [0.1, 0.15) is 57.3 Å². The number of ether oxygens (including phenoxy) is 2. The van der Waals surface area contributed by atoms with E-state index in [-0.39, 0.29) is 0 Å². The minimum absolute atomic E-state index is 0.348. The van der Waals surface area contributed by atoms with Crippen molar-refractivity contribution in [2.75, 3.05) is 11.5 Å². The molecule has 1 aromatic carbocycles. The fraction of sp³-hybridized carbons (Fsp3) is 0.429. The third-order valence-corrected chi connectivity index (χ3v) is 4.81. The molecule has 146 valence electrons. The van der Waals surface area contributed by atoms with Crippen LogP contribution in [-0.4, -0.2) is 22.2 Å². The lowest BCUT2D eigenvalue weighted by Gasteiger charge is -2.38. The topological polar surface area (TPSA) is 100 Å². The van der Waals surface area contributed by atoms with Crippen molar-refractivity contribution in [3.63, 3.8) is 0 Å². The Morgan fingerprint density at radius 3 is 2.07 bits per heavy atom. The van der Waals surface area contributed by atoms with E-state index in [2.05, 4.69) is 11.9 Å². The number of carbonyl (C=O) groups is 1. The van der Waals surface area contributed by atoms with E-state index < -0.39 is 17.2 Å². The number of hydrogen-bond donors (Lipinski definition) is 2. The van der Waals surface area contributed by atoms with Crippen LogP contribution in [0.4, 0.5) is 11.4 Å². The minimum Gasteiger partial charge on any atom is -0.487 e. The Balaban J connectivity index is 2.17. The molecule has 1 heterocycles. The molecule has 0 spiro atoms. The van der Waals surface area contributed by atoms with Gasteiger partial charge in [-0.05, 0) is 57.0 Å². The maximum Gasteiger partial charge on any atom is 0.338 e. The van der Waals surface area contributed by atoms with Crippen LogP contribution in [0.5, 0.6) is 5.75 Å². The molecule has 2 unspecified atom stereocenters. The second kappa shape index (κ2) is 8.29. The fourth-order valence-corrected chi connectivity index (χ4v) is 3.03. The first-order chi connectivity index (χ1) is 12.7. The summed E-state index contributed by atoms with van der Waals surface area (Å²) >= 11 is 0. The molecule has 0 amide bonds. The number of nitrogen functional groups attached to an aromatic ring is 2. The number of benzene rings is 1. The van der Waals surface area contributed by atoms with Crippen LogP contribution in [0.2, 0.25) is 0 Å². The molecule has 0 bridgehead atoms. The fourth-order valence-electron chi connectivity index (χ4n) is 3.03. The first-order valence-electron chi connectivity index (χ1n) is 9.17. The zero-order valence-corrected chi connectivity index (χ0v) is 16.5. The van der Waals surface area contributed by atoms with Gasteiger partial charge < -0.3 is 20.9 Å². The largest absolute Gasteiger partial charge is 0.487 e. The number of rotatable bonds is 8. The lowest BCUT2D eigenvalue weighted by molar-refractivity contribution is -0.0561. The van der Waals surface area contributed by atoms with Crippen LogP contribution in [0.25, 0.3) is 0 Å². The number of nitrogens with two attached hydrogens (primary N) is 2. The molecule has 0 saturated heterocycles. The summed E-state index contributed by atoms with van der Waals surface area (Å²) < 4.78 is 12.1. The summed E-state index contributed by atoms with van der Waals surface area (Å²) in [6, 6.07) is 8.38. The Morgan fingerprint density at radius 2 is 1.56 bits per heavy atom. The highest BCUT2D eigenvalue weighted by atomic mass is 16.6. The molecular weight excluding hydrogens is 342 g/mol. The predicted octanol–water partition coefficient (Wildman–Crippen LogP) is 4.21. The molecule has 2 rings (SSSR count). The molecule has 2 atom stereocenters. The molecule has 2 aromatic rings. The van der Waals surface area contributed by atoms with E-state index in [4.69, 9.17) is 20.9 Å². The van der Waals surface area contributed by atoms with Crippen molar-refractivity contribution < 1.29 is 14.3 Å². The van der Waals surface area contributed by atoms with Crippen molar-refractivity contribution >= 4 is 17.3 Å². The molecule has 0 aliphatic heterocycles. The van der Waals surface area contributed by atoms with Crippen LogP contribution < -0.4 is 16.2 Å². The minimum atomic E-state index is -0.700. The predicted molar refractivity (Wildman–Crippen MR) is 108 cm³/mol. The Morgan fingerprint density at radius 1 is 1.00 bits per heavy atom. The quantitative estimate of drug-likeness (QED) is 0.532. The third kappa shape index (κ3) is 5.61. The van der Waals surface area contributed by atoms with E-state index in [1.165, 1.54) is 0 Å². The van der Waals surface area contributed by atoms with Gasteiger partial charge >= 0.3 is 5.97 Å². The first kappa shape index (κ1) is 20.6. The van der Waals surface area contributed by atoms with Gasteiger partial charge in [0.05, 0.1) is 5.56 Å². The zero-order valence-electron chi connectivity index (χ0n) is 16.5. The Bertz CT molecular complexity index is 761. The van der Waals surface area contributed by atoms with Gasteiger partial charge in [0.15, 0.2) is 0 Å². The van der Waals surface area contributed by atoms with Gasteiger partial charge in [-0.2, -0.15) is 0 Å². The van der Waals surface area contributed by atoms with Crippen LogP contribution in [-0.2, 0) is 4.74 Å². The van der Waals surface area contributed by atoms with Crippen molar-refractivity contribution in [3.8, 4) is 5.75 Å². The molecule has 4 N–H and O–H groups in total. The van der Waals surface area contributed by atoms with E-state index in [9.17, 15) is 4.79 Å². The number of nitrogens with zero attached hydrogens (tertiary/aromatic N) is 1.